The lowest BCUT2D eigenvalue weighted by molar-refractivity contribution is -0.138. The Bertz CT molecular complexity index is 894. The highest BCUT2D eigenvalue weighted by Gasteiger charge is 2.52. The van der Waals surface area contributed by atoms with E-state index >= 15 is 0 Å². The van der Waals surface area contributed by atoms with Gasteiger partial charge in [0.05, 0.1) is 11.8 Å². The summed E-state index contributed by atoms with van der Waals surface area (Å²) in [5.74, 6) is -0.791. The van der Waals surface area contributed by atoms with Crippen molar-refractivity contribution in [2.75, 3.05) is 7.05 Å². The Balaban J connectivity index is 1.73. The summed E-state index contributed by atoms with van der Waals surface area (Å²) in [5.41, 5.74) is 3.41. The van der Waals surface area contributed by atoms with Crippen LogP contribution in [0.1, 0.15) is 17.5 Å². The second-order valence-corrected chi connectivity index (χ2v) is 7.88. The first-order valence-electron chi connectivity index (χ1n) is 10.0. The number of likely N-dealkylation sites (tertiary alicyclic amines) is 1. The molecule has 148 valence electrons. The van der Waals surface area contributed by atoms with Gasteiger partial charge in [-0.2, -0.15) is 0 Å². The van der Waals surface area contributed by atoms with Crippen LogP contribution in [0.3, 0.4) is 0 Å². The van der Waals surface area contributed by atoms with Crippen molar-refractivity contribution >= 4 is 11.8 Å². The molecule has 2 aliphatic rings. The lowest BCUT2D eigenvalue weighted by Gasteiger charge is -2.38. The molecular weight excluding hydrogens is 360 g/mol. The topological polar surface area (TPSA) is 40.6 Å². The van der Waals surface area contributed by atoms with E-state index in [1.54, 1.807) is 7.05 Å². The Labute approximate surface area is 172 Å². The number of nitrogens with zero attached hydrogens (tertiary/aromatic N) is 2. The number of benzene rings is 2. The Morgan fingerprint density at radius 3 is 2.03 bits per heavy atom. The minimum atomic E-state index is -0.344. The van der Waals surface area contributed by atoms with Crippen LogP contribution in [0.4, 0.5) is 0 Å². The summed E-state index contributed by atoms with van der Waals surface area (Å²) in [7, 11) is 1.60. The molecule has 4 heteroatoms. The fourth-order valence-electron chi connectivity index (χ4n) is 4.54. The second-order valence-electron chi connectivity index (χ2n) is 7.88. The first-order valence-corrected chi connectivity index (χ1v) is 10.0. The van der Waals surface area contributed by atoms with Gasteiger partial charge in [-0.1, -0.05) is 85.0 Å². The third kappa shape index (κ3) is 3.81. The van der Waals surface area contributed by atoms with Crippen LogP contribution in [-0.4, -0.2) is 34.7 Å². The van der Waals surface area contributed by atoms with E-state index in [2.05, 4.69) is 41.8 Å². The maximum atomic E-state index is 13.0. The molecule has 0 unspecified atom stereocenters. The average Bonchev–Trinajstić information content (AvgIpc) is 2.98. The van der Waals surface area contributed by atoms with Crippen LogP contribution in [0.25, 0.3) is 0 Å². The molecule has 1 heterocycles. The zero-order valence-corrected chi connectivity index (χ0v) is 16.7. The number of carbonyl (C=O) groups is 2. The van der Waals surface area contributed by atoms with Crippen LogP contribution in [0.5, 0.6) is 0 Å². The van der Waals surface area contributed by atoms with Gasteiger partial charge in [0.1, 0.15) is 0 Å². The molecule has 2 amide bonds. The van der Waals surface area contributed by atoms with Crippen molar-refractivity contribution in [1.29, 1.82) is 0 Å². The first kappa shape index (κ1) is 19.3. The third-order valence-electron chi connectivity index (χ3n) is 6.05. The third-order valence-corrected chi connectivity index (χ3v) is 6.05. The molecule has 1 aliphatic heterocycles. The largest absolute Gasteiger partial charge is 0.288 e. The van der Waals surface area contributed by atoms with Gasteiger partial charge in [-0.15, -0.1) is 0 Å². The summed E-state index contributed by atoms with van der Waals surface area (Å²) in [6.07, 6.45) is 4.55. The Kier molecular flexibility index (Phi) is 5.45. The van der Waals surface area contributed by atoms with E-state index in [4.69, 9.17) is 0 Å². The van der Waals surface area contributed by atoms with Crippen molar-refractivity contribution in [2.45, 2.75) is 25.6 Å². The fraction of sp³-hybridized carbons (Fsp3) is 0.280. The van der Waals surface area contributed by atoms with Gasteiger partial charge in [-0.25, -0.2) is 0 Å². The van der Waals surface area contributed by atoms with Crippen molar-refractivity contribution < 1.29 is 9.59 Å². The number of imide groups is 1. The minimum Gasteiger partial charge on any atom is -0.288 e. The Morgan fingerprint density at radius 2 is 1.52 bits per heavy atom. The number of allylic oxidation sites excluding steroid dienone is 2. The number of hydrogen-bond acceptors (Lipinski definition) is 3. The van der Waals surface area contributed by atoms with Gasteiger partial charge in [0, 0.05) is 26.2 Å². The zero-order valence-electron chi connectivity index (χ0n) is 16.7. The standard InChI is InChI=1S/C25H26N2O2/c1-3-18-14-21-23(25(29)26(2)24(21)28)22(15-18)27(16-19-10-6-4-7-11-19)17-20-12-8-5-9-13-20/h3-13,15,21-23H,1,14,16-17H2,2H3/t21-,22+,23-/m0/s1. The molecule has 0 spiro atoms. The van der Waals surface area contributed by atoms with Gasteiger partial charge in [-0.05, 0) is 17.5 Å². The molecule has 0 saturated carbocycles. The van der Waals surface area contributed by atoms with Crippen molar-refractivity contribution in [3.8, 4) is 0 Å². The predicted molar refractivity (Wildman–Crippen MR) is 114 cm³/mol. The SMILES string of the molecule is C=CC1=C[C@@H](N(Cc2ccccc2)Cc2ccccc2)[C@H]2C(=O)N(C)C(=O)[C@H]2C1. The molecule has 0 aromatic heterocycles. The summed E-state index contributed by atoms with van der Waals surface area (Å²) in [6.45, 7) is 5.33. The molecule has 2 aromatic rings. The lowest BCUT2D eigenvalue weighted by atomic mass is 9.77. The minimum absolute atomic E-state index is 0.0724. The lowest BCUT2D eigenvalue weighted by Crippen LogP contribution is -2.45. The molecule has 3 atom stereocenters. The van der Waals surface area contributed by atoms with E-state index in [1.807, 2.05) is 42.5 Å². The highest BCUT2D eigenvalue weighted by molar-refractivity contribution is 6.05. The van der Waals surface area contributed by atoms with Crippen molar-refractivity contribution in [2.24, 2.45) is 11.8 Å². The average molecular weight is 386 g/mol. The number of rotatable bonds is 6. The molecule has 4 nitrogen and oxygen atoms in total. The molecule has 0 radical (unpaired) electrons. The number of hydrogen-bond donors (Lipinski definition) is 0. The predicted octanol–water partition coefficient (Wildman–Crippen LogP) is 3.80. The fourth-order valence-corrected chi connectivity index (χ4v) is 4.54. The Hall–Kier alpha value is -2.98. The van der Waals surface area contributed by atoms with Crippen molar-refractivity contribution in [3.63, 3.8) is 0 Å². The van der Waals surface area contributed by atoms with Crippen LogP contribution in [0, 0.1) is 11.8 Å². The highest BCUT2D eigenvalue weighted by Crippen LogP contribution is 2.40. The molecule has 1 fully saturated rings. The van der Waals surface area contributed by atoms with Crippen LogP contribution in [-0.2, 0) is 22.7 Å². The van der Waals surface area contributed by atoms with Crippen LogP contribution < -0.4 is 0 Å². The highest BCUT2D eigenvalue weighted by atomic mass is 16.2. The van der Waals surface area contributed by atoms with Crippen molar-refractivity contribution in [3.05, 3.63) is 96.1 Å². The second kappa shape index (κ2) is 8.18. The molecule has 1 aliphatic carbocycles. The van der Waals surface area contributed by atoms with Crippen molar-refractivity contribution in [1.82, 2.24) is 9.80 Å². The molecule has 0 N–H and O–H groups in total. The van der Waals surface area contributed by atoms with Gasteiger partial charge < -0.3 is 0 Å². The number of amides is 2. The van der Waals surface area contributed by atoms with E-state index in [9.17, 15) is 9.59 Å². The molecule has 0 bridgehead atoms. The quantitative estimate of drug-likeness (QED) is 0.709. The molecule has 1 saturated heterocycles. The molecule has 29 heavy (non-hydrogen) atoms. The van der Waals surface area contributed by atoms with Gasteiger partial charge >= 0.3 is 0 Å². The van der Waals surface area contributed by atoms with Crippen LogP contribution >= 0.6 is 0 Å². The van der Waals surface area contributed by atoms with E-state index in [0.717, 1.165) is 5.57 Å². The number of fused-ring (bicyclic) bond motifs is 1. The van der Waals surface area contributed by atoms with E-state index in [-0.39, 0.29) is 29.7 Å². The first-order chi connectivity index (χ1) is 14.1. The van der Waals surface area contributed by atoms with Gasteiger partial charge in [0.15, 0.2) is 0 Å². The monoisotopic (exact) mass is 386 g/mol. The van der Waals surface area contributed by atoms with Crippen LogP contribution in [0.2, 0.25) is 0 Å². The summed E-state index contributed by atoms with van der Waals surface area (Å²) in [5, 5.41) is 0. The van der Waals surface area contributed by atoms with E-state index < -0.39 is 0 Å². The van der Waals surface area contributed by atoms with E-state index in [1.165, 1.54) is 16.0 Å². The Morgan fingerprint density at radius 1 is 0.966 bits per heavy atom. The van der Waals surface area contributed by atoms with Gasteiger partial charge in [0.2, 0.25) is 11.8 Å². The maximum Gasteiger partial charge on any atom is 0.234 e. The van der Waals surface area contributed by atoms with Gasteiger partial charge in [-0.3, -0.25) is 19.4 Å². The summed E-state index contributed by atoms with van der Waals surface area (Å²) in [4.78, 5) is 29.3. The number of carbonyl (C=O) groups excluding carboxylic acids is 2. The molecule has 2 aromatic carbocycles. The summed E-state index contributed by atoms with van der Waals surface area (Å²) >= 11 is 0. The molecular formula is C25H26N2O2. The summed E-state index contributed by atoms with van der Waals surface area (Å²) in [6, 6.07) is 20.4. The molecule has 4 rings (SSSR count). The van der Waals surface area contributed by atoms with Gasteiger partial charge in [0.25, 0.3) is 0 Å². The summed E-state index contributed by atoms with van der Waals surface area (Å²) < 4.78 is 0. The maximum absolute atomic E-state index is 13.0. The normalized spacial score (nSPS) is 23.9. The zero-order chi connectivity index (χ0) is 20.4. The smallest absolute Gasteiger partial charge is 0.234 e. The van der Waals surface area contributed by atoms with Crippen LogP contribution in [0.15, 0.2) is 85.0 Å². The van der Waals surface area contributed by atoms with E-state index in [0.29, 0.717) is 19.5 Å².